The zero-order valence-electron chi connectivity index (χ0n) is 39.4. The minimum absolute atomic E-state index is 0.0000936. The van der Waals surface area contributed by atoms with Gasteiger partial charge in [0.05, 0.1) is 42.1 Å². The van der Waals surface area contributed by atoms with E-state index in [0.29, 0.717) is 36.6 Å². The Kier molecular flexibility index (Phi) is 14.5. The molecule has 2 aliphatic rings. The van der Waals surface area contributed by atoms with Crippen LogP contribution in [0, 0.1) is 37.3 Å². The number of carbonyl (C=O) groups excluding carboxylic acids is 2. The number of aliphatic hydroxyl groups is 2. The van der Waals surface area contributed by atoms with Crippen molar-refractivity contribution < 1.29 is 33.7 Å². The van der Waals surface area contributed by atoms with Gasteiger partial charge in [0.25, 0.3) is 0 Å². The van der Waals surface area contributed by atoms with Gasteiger partial charge in [-0.2, -0.15) is 0 Å². The van der Waals surface area contributed by atoms with Crippen molar-refractivity contribution in [2.45, 2.75) is 83.0 Å². The summed E-state index contributed by atoms with van der Waals surface area (Å²) in [5, 5.41) is 35.7. The number of aromatic hydroxyl groups is 1. The quantitative estimate of drug-likeness (QED) is 0.0804. The monoisotopic (exact) mass is 940 g/mol. The summed E-state index contributed by atoms with van der Waals surface area (Å²) in [6.07, 6.45) is 4.40. The van der Waals surface area contributed by atoms with Crippen molar-refractivity contribution in [1.29, 1.82) is 0 Å². The predicted octanol–water partition coefficient (Wildman–Crippen LogP) is 11.9. The number of hydrogen-bond acceptors (Lipinski definition) is 6. The van der Waals surface area contributed by atoms with E-state index in [-0.39, 0.29) is 53.7 Å². The van der Waals surface area contributed by atoms with Gasteiger partial charge in [-0.15, -0.1) is 0 Å². The summed E-state index contributed by atoms with van der Waals surface area (Å²) >= 11 is 0. The van der Waals surface area contributed by atoms with E-state index < -0.39 is 12.1 Å². The predicted molar refractivity (Wildman–Crippen MR) is 270 cm³/mol. The van der Waals surface area contributed by atoms with Crippen molar-refractivity contribution >= 4 is 39.4 Å². The van der Waals surface area contributed by atoms with Gasteiger partial charge in [-0.05, 0) is 139 Å². The molecule has 0 unspecified atom stereocenters. The maximum atomic E-state index is 13.7. The molecule has 1 saturated heterocycles. The summed E-state index contributed by atoms with van der Waals surface area (Å²) in [4.78, 5) is 33.2. The largest absolute Gasteiger partial charge is 0.508 e. The molecule has 0 radical (unpaired) electrons. The lowest BCUT2D eigenvalue weighted by molar-refractivity contribution is -0.131. The molecule has 1 aliphatic heterocycles. The highest BCUT2D eigenvalue weighted by Crippen LogP contribution is 2.47. The Morgan fingerprint density at radius 3 is 2.07 bits per heavy atom. The first-order chi connectivity index (χ1) is 34.0. The zero-order valence-corrected chi connectivity index (χ0v) is 39.4. The van der Waals surface area contributed by atoms with E-state index in [1.54, 1.807) is 41.3 Å². The molecule has 358 valence electrons. The molecule has 5 atom stereocenters. The second-order valence-corrected chi connectivity index (χ2v) is 18.8. The zero-order chi connectivity index (χ0) is 48.9. The number of amides is 2. The first kappa shape index (κ1) is 47.8. The minimum atomic E-state index is -0.807. The number of aryl methyl sites for hydroxylation is 2. The highest BCUT2D eigenvalue weighted by atomic mass is 19.1. The number of benzene rings is 6. The Bertz CT molecular complexity index is 3060. The van der Waals surface area contributed by atoms with Crippen molar-refractivity contribution in [1.82, 2.24) is 14.9 Å². The number of aromatic nitrogens is 2. The molecule has 70 heavy (non-hydrogen) atoms. The molecule has 10 rings (SSSR count). The van der Waals surface area contributed by atoms with E-state index >= 15 is 0 Å². The maximum Gasteiger partial charge on any atom is 0.233 e. The van der Waals surface area contributed by atoms with Gasteiger partial charge in [-0.1, -0.05) is 110 Å². The van der Waals surface area contributed by atoms with Crippen LogP contribution in [0.3, 0.4) is 0 Å². The van der Waals surface area contributed by atoms with Gasteiger partial charge in [0.1, 0.15) is 23.0 Å². The van der Waals surface area contributed by atoms with Crippen molar-refractivity contribution in [2.24, 2.45) is 11.8 Å². The molecule has 9 nitrogen and oxygen atoms in total. The van der Waals surface area contributed by atoms with Gasteiger partial charge in [-0.25, -0.2) is 13.8 Å². The van der Waals surface area contributed by atoms with Crippen LogP contribution in [0.2, 0.25) is 0 Å². The Morgan fingerprint density at radius 2 is 1.40 bits per heavy atom. The van der Waals surface area contributed by atoms with E-state index in [2.05, 4.69) is 78.3 Å². The molecule has 0 bridgehead atoms. The molecule has 6 aromatic carbocycles. The number of halogens is 2. The molecule has 0 spiro atoms. The molecule has 1 saturated carbocycles. The van der Waals surface area contributed by atoms with Gasteiger partial charge >= 0.3 is 0 Å². The Morgan fingerprint density at radius 1 is 0.771 bits per heavy atom. The van der Waals surface area contributed by atoms with Crippen molar-refractivity contribution in [2.75, 3.05) is 11.5 Å². The van der Waals surface area contributed by atoms with E-state index in [4.69, 9.17) is 4.98 Å². The summed E-state index contributed by atoms with van der Waals surface area (Å²) in [5.41, 5.74) is 9.64. The highest BCUT2D eigenvalue weighted by Gasteiger charge is 2.48. The molecular formula is C59H58F2N4O5. The third kappa shape index (κ3) is 10.2. The van der Waals surface area contributed by atoms with Crippen molar-refractivity contribution in [3.05, 3.63) is 208 Å². The van der Waals surface area contributed by atoms with Crippen molar-refractivity contribution in [3.8, 4) is 5.75 Å². The standard InChI is InChI=1S/C35H37N3O2.C24H21F2NO3/c1-23-20-24(2)36-34-32(23)29-14-8-9-15-31(29)38(34)21-25-16-18-28(19-17-25)33(27-12-6-7-13-27)35(40)37-30(22-39)26-10-4-3-5-11-26;25-17-5-1-15(2-6-17)22(29)14-13-21-23(16-3-11-20(28)12-4-16)27(24(21)30)19-9-7-18(26)8-10-19/h3-5,8-11,14-20,27,30,33,39H,6-7,12-13,21-22H2,1-2H3,(H,37,40);1-12,21-23,28-29H,13-14H2/t30-,33-;21-,22+,23-/m01/s1. The van der Waals surface area contributed by atoms with Gasteiger partial charge in [0.2, 0.25) is 11.8 Å². The molecular weight excluding hydrogens is 883 g/mol. The fourth-order valence-corrected chi connectivity index (χ4v) is 10.6. The van der Waals surface area contributed by atoms with Crippen molar-refractivity contribution in [3.63, 3.8) is 0 Å². The number of β-lactam (4-membered cyclic amide) rings is 1. The molecule has 11 heteroatoms. The molecule has 2 aromatic heterocycles. The third-order valence-electron chi connectivity index (χ3n) is 14.1. The number of hydrogen-bond donors (Lipinski definition) is 4. The topological polar surface area (TPSA) is 128 Å². The lowest BCUT2D eigenvalue weighted by Gasteiger charge is -2.48. The average molecular weight is 941 g/mol. The van der Waals surface area contributed by atoms with E-state index in [1.807, 2.05) is 30.3 Å². The average Bonchev–Trinajstić information content (AvgIpc) is 4.01. The van der Waals surface area contributed by atoms with Crippen LogP contribution in [-0.2, 0) is 16.1 Å². The Balaban J connectivity index is 0.000000181. The first-order valence-corrected chi connectivity index (χ1v) is 24.2. The number of carbonyl (C=O) groups is 2. The number of anilines is 1. The van der Waals surface area contributed by atoms with E-state index in [0.717, 1.165) is 53.7 Å². The third-order valence-corrected chi connectivity index (χ3v) is 14.1. The van der Waals surface area contributed by atoms with Crippen LogP contribution >= 0.6 is 0 Å². The lowest BCUT2D eigenvalue weighted by atomic mass is 9.78. The smallest absolute Gasteiger partial charge is 0.233 e. The Labute approximate surface area is 407 Å². The van der Waals surface area contributed by atoms with Gasteiger partial charge in [0.15, 0.2) is 0 Å². The highest BCUT2D eigenvalue weighted by molar-refractivity contribution is 6.08. The molecule has 2 amide bonds. The maximum absolute atomic E-state index is 13.7. The van der Waals surface area contributed by atoms with Gasteiger partial charge < -0.3 is 30.1 Å². The molecule has 1 aliphatic carbocycles. The summed E-state index contributed by atoms with van der Waals surface area (Å²) in [7, 11) is 0. The normalized spacial score (nSPS) is 17.2. The van der Waals surface area contributed by atoms with Crippen LogP contribution in [0.15, 0.2) is 158 Å². The van der Waals surface area contributed by atoms with Gasteiger partial charge in [-0.3, -0.25) is 9.59 Å². The summed E-state index contributed by atoms with van der Waals surface area (Å²) < 4.78 is 28.7. The number of fused-ring (bicyclic) bond motifs is 3. The fourth-order valence-electron chi connectivity index (χ4n) is 10.6. The summed E-state index contributed by atoms with van der Waals surface area (Å²) in [5.74, 6) is -1.01. The molecule has 3 heterocycles. The molecule has 8 aromatic rings. The number of aliphatic hydroxyl groups excluding tert-OH is 2. The Hall–Kier alpha value is -7.21. The second kappa shape index (κ2) is 21.2. The van der Waals surface area contributed by atoms with Crippen LogP contribution < -0.4 is 10.2 Å². The molecule has 4 N–H and O–H groups in total. The number of pyridine rings is 1. The van der Waals surface area contributed by atoms with Crippen LogP contribution in [-0.4, -0.2) is 43.3 Å². The number of phenols is 1. The number of rotatable bonds is 14. The minimum Gasteiger partial charge on any atom is -0.508 e. The lowest BCUT2D eigenvalue weighted by Crippen LogP contribution is -2.55. The van der Waals surface area contributed by atoms with E-state index in [9.17, 15) is 33.7 Å². The van der Waals surface area contributed by atoms with Crippen LogP contribution in [0.1, 0.15) is 102 Å². The van der Waals surface area contributed by atoms with Crippen LogP contribution in [0.4, 0.5) is 14.5 Å². The number of nitrogens with one attached hydrogen (secondary N) is 1. The molecule has 2 fully saturated rings. The summed E-state index contributed by atoms with van der Waals surface area (Å²) in [6.45, 7) is 4.80. The number of para-hydroxylation sites is 1. The van der Waals surface area contributed by atoms with Gasteiger partial charge in [0, 0.05) is 28.7 Å². The SMILES string of the molecule is Cc1cc(C)c2c3ccccc3n(Cc3ccc([C@@H](C(=O)N[C@@H](CO)c4ccccc4)C4CCCC4)cc3)c2n1.O=C1[C@H](CC[C@H](O)c2ccc(F)cc2)[C@@H](c2ccc(O)cc2)N1c1ccc(F)cc1. The van der Waals surface area contributed by atoms with Crippen LogP contribution in [0.25, 0.3) is 21.9 Å². The number of phenolic OH excluding ortho intramolecular Hbond substituents is 1. The summed E-state index contributed by atoms with van der Waals surface area (Å²) in [6, 6.07) is 46.3. The fraction of sp³-hybridized carbons (Fsp3) is 0.271. The number of nitrogens with zero attached hydrogens (tertiary/aromatic N) is 3. The van der Waals surface area contributed by atoms with Crippen LogP contribution in [0.5, 0.6) is 5.75 Å². The second-order valence-electron chi connectivity index (χ2n) is 18.8. The first-order valence-electron chi connectivity index (χ1n) is 24.2. The van der Waals surface area contributed by atoms with E-state index in [1.165, 1.54) is 63.8 Å².